The molecule has 134 valence electrons. The fraction of sp³-hybridized carbons (Fsp3) is 0.250. The highest BCUT2D eigenvalue weighted by molar-refractivity contribution is 7.71. The van der Waals surface area contributed by atoms with Crippen molar-refractivity contribution in [3.8, 4) is 11.4 Å². The van der Waals surface area contributed by atoms with Crippen molar-refractivity contribution in [1.82, 2.24) is 14.8 Å². The number of hydrogen-bond donors (Lipinski definition) is 2. The molecule has 3 rings (SSSR count). The highest BCUT2D eigenvalue weighted by atomic mass is 32.1. The number of aromatic nitrogens is 3. The van der Waals surface area contributed by atoms with Crippen LogP contribution in [-0.4, -0.2) is 20.7 Å². The van der Waals surface area contributed by atoms with Crippen LogP contribution in [0.3, 0.4) is 0 Å². The van der Waals surface area contributed by atoms with Crippen molar-refractivity contribution in [2.45, 2.75) is 33.2 Å². The number of carbonyl (C=O) groups excluding carboxylic acids is 1. The van der Waals surface area contributed by atoms with E-state index in [-0.39, 0.29) is 5.91 Å². The molecule has 0 aliphatic rings. The van der Waals surface area contributed by atoms with Crippen molar-refractivity contribution in [2.75, 3.05) is 5.32 Å². The largest absolute Gasteiger partial charge is 0.326 e. The van der Waals surface area contributed by atoms with Crippen molar-refractivity contribution >= 4 is 23.8 Å². The van der Waals surface area contributed by atoms with Gasteiger partial charge in [-0.3, -0.25) is 14.5 Å². The monoisotopic (exact) mass is 366 g/mol. The van der Waals surface area contributed by atoms with Crippen LogP contribution in [0.15, 0.2) is 48.5 Å². The number of aromatic amines is 1. The molecule has 6 heteroatoms. The first kappa shape index (κ1) is 18.1. The normalized spacial score (nSPS) is 10.7. The van der Waals surface area contributed by atoms with E-state index in [4.69, 9.17) is 12.2 Å². The molecule has 2 aromatic carbocycles. The number of benzene rings is 2. The molecule has 26 heavy (non-hydrogen) atoms. The molecule has 0 saturated carbocycles. The van der Waals surface area contributed by atoms with Gasteiger partial charge >= 0.3 is 0 Å². The summed E-state index contributed by atoms with van der Waals surface area (Å²) in [6.45, 7) is 4.60. The highest BCUT2D eigenvalue weighted by Gasteiger charge is 2.11. The van der Waals surface area contributed by atoms with Crippen LogP contribution in [0.4, 0.5) is 5.69 Å². The number of carbonyl (C=O) groups is 1. The van der Waals surface area contributed by atoms with Gasteiger partial charge in [-0.25, -0.2) is 0 Å². The van der Waals surface area contributed by atoms with Gasteiger partial charge in [0.05, 0.1) is 0 Å². The molecule has 0 unspecified atom stereocenters. The average molecular weight is 366 g/mol. The lowest BCUT2D eigenvalue weighted by molar-refractivity contribution is -0.116. The Balaban J connectivity index is 1.69. The molecule has 3 aromatic rings. The number of H-pyrrole nitrogens is 1. The van der Waals surface area contributed by atoms with E-state index >= 15 is 0 Å². The summed E-state index contributed by atoms with van der Waals surface area (Å²) in [5.74, 6) is 0.701. The Kier molecular flexibility index (Phi) is 5.63. The second kappa shape index (κ2) is 8.10. The van der Waals surface area contributed by atoms with E-state index in [0.29, 0.717) is 17.7 Å². The van der Waals surface area contributed by atoms with Crippen molar-refractivity contribution in [3.05, 3.63) is 64.4 Å². The van der Waals surface area contributed by atoms with Crippen LogP contribution in [0.1, 0.15) is 24.5 Å². The predicted octanol–water partition coefficient (Wildman–Crippen LogP) is 4.51. The van der Waals surface area contributed by atoms with Crippen LogP contribution in [0, 0.1) is 11.7 Å². The minimum Gasteiger partial charge on any atom is -0.326 e. The molecule has 1 amide bonds. The number of nitrogens with zero attached hydrogens (tertiary/aromatic N) is 2. The summed E-state index contributed by atoms with van der Waals surface area (Å²) in [6, 6.07) is 16.0. The fourth-order valence-corrected chi connectivity index (χ4v) is 2.98. The standard InChI is InChI=1S/C20H22N4OS/c1-3-15-5-4-6-17(13-15)21-18(25)11-12-24-19(22-23-20(24)26)16-9-7-14(2)8-10-16/h4-10,13H,3,11-12H2,1-2H3,(H,21,25)(H,23,26). The van der Waals surface area contributed by atoms with Gasteiger partial charge in [-0.15, -0.1) is 0 Å². The van der Waals surface area contributed by atoms with E-state index in [2.05, 4.69) is 22.4 Å². The summed E-state index contributed by atoms with van der Waals surface area (Å²) in [7, 11) is 0. The Morgan fingerprint density at radius 3 is 2.73 bits per heavy atom. The van der Waals surface area contributed by atoms with Gasteiger partial charge in [-0.1, -0.05) is 48.9 Å². The molecule has 1 aromatic heterocycles. The molecule has 1 heterocycles. The van der Waals surface area contributed by atoms with Gasteiger partial charge in [0.15, 0.2) is 10.6 Å². The number of aryl methyl sites for hydroxylation is 2. The Hall–Kier alpha value is -2.73. The van der Waals surface area contributed by atoms with Gasteiger partial charge in [-0.05, 0) is 43.3 Å². The van der Waals surface area contributed by atoms with E-state index in [9.17, 15) is 4.79 Å². The average Bonchev–Trinajstić information content (AvgIpc) is 3.01. The molecule has 0 saturated heterocycles. The van der Waals surface area contributed by atoms with Crippen LogP contribution < -0.4 is 5.32 Å². The molecule has 0 atom stereocenters. The highest BCUT2D eigenvalue weighted by Crippen LogP contribution is 2.18. The Bertz CT molecular complexity index is 956. The molecule has 0 fully saturated rings. The first-order valence-corrected chi connectivity index (χ1v) is 9.08. The quantitative estimate of drug-likeness (QED) is 0.631. The van der Waals surface area contributed by atoms with Gasteiger partial charge in [0.25, 0.3) is 0 Å². The number of amides is 1. The summed E-state index contributed by atoms with van der Waals surface area (Å²) in [5, 5.41) is 10.1. The van der Waals surface area contributed by atoms with Gasteiger partial charge in [-0.2, -0.15) is 5.10 Å². The van der Waals surface area contributed by atoms with E-state index < -0.39 is 0 Å². The van der Waals surface area contributed by atoms with Crippen molar-refractivity contribution < 1.29 is 4.79 Å². The van der Waals surface area contributed by atoms with Crippen molar-refractivity contribution in [2.24, 2.45) is 0 Å². The Labute approximate surface area is 158 Å². The second-order valence-electron chi connectivity index (χ2n) is 6.22. The van der Waals surface area contributed by atoms with Crippen LogP contribution in [0.25, 0.3) is 11.4 Å². The summed E-state index contributed by atoms with van der Waals surface area (Å²) in [5.41, 5.74) is 4.17. The topological polar surface area (TPSA) is 62.7 Å². The maximum atomic E-state index is 12.3. The summed E-state index contributed by atoms with van der Waals surface area (Å²) >= 11 is 5.33. The summed E-state index contributed by atoms with van der Waals surface area (Å²) in [4.78, 5) is 12.3. The van der Waals surface area contributed by atoms with Gasteiger partial charge in [0, 0.05) is 24.2 Å². The summed E-state index contributed by atoms with van der Waals surface area (Å²) in [6.07, 6.45) is 1.26. The van der Waals surface area contributed by atoms with Crippen LogP contribution in [0.5, 0.6) is 0 Å². The molecule has 0 radical (unpaired) electrons. The molecular weight excluding hydrogens is 344 g/mol. The van der Waals surface area contributed by atoms with Crippen LogP contribution in [-0.2, 0) is 17.8 Å². The fourth-order valence-electron chi connectivity index (χ4n) is 2.75. The Morgan fingerprint density at radius 1 is 1.23 bits per heavy atom. The molecule has 5 nitrogen and oxygen atoms in total. The third-order valence-corrected chi connectivity index (χ3v) is 4.56. The number of nitrogens with one attached hydrogen (secondary N) is 2. The number of hydrogen-bond acceptors (Lipinski definition) is 3. The van der Waals surface area contributed by atoms with Gasteiger partial charge < -0.3 is 5.32 Å². The molecule has 0 aliphatic heterocycles. The smallest absolute Gasteiger partial charge is 0.226 e. The van der Waals surface area contributed by atoms with Gasteiger partial charge in [0.1, 0.15) is 0 Å². The maximum absolute atomic E-state index is 12.3. The van der Waals surface area contributed by atoms with E-state index in [1.165, 1.54) is 11.1 Å². The molecule has 0 bridgehead atoms. The number of anilines is 1. The third-order valence-electron chi connectivity index (χ3n) is 4.25. The lowest BCUT2D eigenvalue weighted by Gasteiger charge is -2.09. The van der Waals surface area contributed by atoms with Crippen LogP contribution >= 0.6 is 12.2 Å². The van der Waals surface area contributed by atoms with E-state index in [0.717, 1.165) is 23.5 Å². The zero-order valence-electron chi connectivity index (χ0n) is 15.0. The minimum atomic E-state index is -0.0452. The van der Waals surface area contributed by atoms with Gasteiger partial charge in [0.2, 0.25) is 5.91 Å². The lowest BCUT2D eigenvalue weighted by Crippen LogP contribution is -2.15. The lowest BCUT2D eigenvalue weighted by atomic mass is 10.1. The first-order chi connectivity index (χ1) is 12.6. The van der Waals surface area contributed by atoms with Crippen molar-refractivity contribution in [3.63, 3.8) is 0 Å². The second-order valence-corrected chi connectivity index (χ2v) is 6.61. The SMILES string of the molecule is CCc1cccc(NC(=O)CCn2c(-c3ccc(C)cc3)n[nH]c2=S)c1. The molecular formula is C20H22N4OS. The van der Waals surface area contributed by atoms with Crippen molar-refractivity contribution in [1.29, 1.82) is 0 Å². The maximum Gasteiger partial charge on any atom is 0.226 e. The minimum absolute atomic E-state index is 0.0452. The molecule has 2 N–H and O–H groups in total. The first-order valence-electron chi connectivity index (χ1n) is 8.68. The van der Waals surface area contributed by atoms with E-state index in [1.807, 2.05) is 60.0 Å². The van der Waals surface area contributed by atoms with Crippen LogP contribution in [0.2, 0.25) is 0 Å². The molecule has 0 spiro atoms. The zero-order valence-corrected chi connectivity index (χ0v) is 15.8. The third kappa shape index (κ3) is 4.26. The summed E-state index contributed by atoms with van der Waals surface area (Å²) < 4.78 is 2.38. The molecule has 0 aliphatic carbocycles. The zero-order chi connectivity index (χ0) is 18.5. The van der Waals surface area contributed by atoms with E-state index in [1.54, 1.807) is 0 Å². The number of rotatable bonds is 6. The Morgan fingerprint density at radius 2 is 2.00 bits per heavy atom. The predicted molar refractivity (Wildman–Crippen MR) is 107 cm³/mol.